The number of hydrogen-bond acceptors (Lipinski definition) is 7. The van der Waals surface area contributed by atoms with Gasteiger partial charge in [0.25, 0.3) is 0 Å². The van der Waals surface area contributed by atoms with Crippen LogP contribution < -0.4 is 33.2 Å². The average Bonchev–Trinajstić information content (AvgIpc) is 2.69. The first-order valence-corrected chi connectivity index (χ1v) is 10.4. The van der Waals surface area contributed by atoms with Crippen LogP contribution in [0.3, 0.4) is 0 Å². The number of carbonyl (C=O) groups is 4. The number of unbranched alkanes of at least 4 members (excludes halogenated alkanes) is 2. The maximum atomic E-state index is 12.8. The van der Waals surface area contributed by atoms with Gasteiger partial charge in [0.15, 0.2) is 0 Å². The standard InChI is InChI=1S/C19H38N6O5/c1-12(2)16(22)19(30)25-14(8-4-6-10-21)18(29)24-13(7-3-5-9-20)17(28)23-11-15(26)27/h12-14,16H,3-11,20-22H2,1-2H3,(H,23,28)(H,24,29)(H,25,30)(H,26,27)/t13-,14-,16-/m0/s1. The summed E-state index contributed by atoms with van der Waals surface area (Å²) in [4.78, 5) is 48.2. The molecule has 0 saturated carbocycles. The molecule has 0 aliphatic rings. The van der Waals surface area contributed by atoms with E-state index in [0.29, 0.717) is 51.6 Å². The lowest BCUT2D eigenvalue weighted by atomic mass is 10.0. The van der Waals surface area contributed by atoms with Crippen LogP contribution in [0.15, 0.2) is 0 Å². The molecule has 0 heterocycles. The van der Waals surface area contributed by atoms with Crippen molar-refractivity contribution in [3.63, 3.8) is 0 Å². The molecule has 0 aromatic rings. The Bertz CT molecular complexity index is 558. The van der Waals surface area contributed by atoms with E-state index >= 15 is 0 Å². The van der Waals surface area contributed by atoms with Crippen LogP contribution in [0.5, 0.6) is 0 Å². The fourth-order valence-corrected chi connectivity index (χ4v) is 2.65. The number of carboxylic acids is 1. The summed E-state index contributed by atoms with van der Waals surface area (Å²) in [5.74, 6) is -2.88. The van der Waals surface area contributed by atoms with Crippen LogP contribution >= 0.6 is 0 Å². The first kappa shape index (κ1) is 27.8. The first-order chi connectivity index (χ1) is 14.1. The molecular formula is C19H38N6O5. The maximum absolute atomic E-state index is 12.8. The Hall–Kier alpha value is -2.24. The molecule has 0 rings (SSSR count). The van der Waals surface area contributed by atoms with Crippen LogP contribution in [0.2, 0.25) is 0 Å². The molecule has 0 unspecified atom stereocenters. The summed E-state index contributed by atoms with van der Waals surface area (Å²) in [6.07, 6.45) is 3.14. The number of carbonyl (C=O) groups excluding carboxylic acids is 3. The number of carboxylic acid groups (broad SMARTS) is 1. The van der Waals surface area contributed by atoms with Gasteiger partial charge in [0.05, 0.1) is 6.04 Å². The number of aliphatic carboxylic acids is 1. The Balaban J connectivity index is 5.22. The van der Waals surface area contributed by atoms with E-state index in [-0.39, 0.29) is 5.92 Å². The second-order valence-electron chi connectivity index (χ2n) is 7.57. The van der Waals surface area contributed by atoms with Crippen LogP contribution in [0.25, 0.3) is 0 Å². The van der Waals surface area contributed by atoms with E-state index in [4.69, 9.17) is 22.3 Å². The van der Waals surface area contributed by atoms with Crippen molar-refractivity contribution in [2.75, 3.05) is 19.6 Å². The van der Waals surface area contributed by atoms with Gasteiger partial charge in [-0.15, -0.1) is 0 Å². The van der Waals surface area contributed by atoms with Gasteiger partial charge in [0.1, 0.15) is 18.6 Å². The zero-order valence-corrected chi connectivity index (χ0v) is 18.0. The van der Waals surface area contributed by atoms with E-state index in [1.165, 1.54) is 0 Å². The van der Waals surface area contributed by atoms with Gasteiger partial charge in [-0.3, -0.25) is 19.2 Å². The van der Waals surface area contributed by atoms with Crippen LogP contribution in [0.1, 0.15) is 52.4 Å². The number of amides is 3. The molecule has 0 spiro atoms. The minimum absolute atomic E-state index is 0.108. The highest BCUT2D eigenvalue weighted by atomic mass is 16.4. The largest absolute Gasteiger partial charge is 0.480 e. The normalized spacial score (nSPS) is 13.9. The molecule has 10 N–H and O–H groups in total. The lowest BCUT2D eigenvalue weighted by Gasteiger charge is -2.25. The van der Waals surface area contributed by atoms with Crippen LogP contribution in [0.4, 0.5) is 0 Å². The SMILES string of the molecule is CC(C)[C@H](N)C(=O)N[C@@H](CCCCN)C(=O)N[C@@H](CCCCN)C(=O)NCC(=O)O. The highest BCUT2D eigenvalue weighted by Crippen LogP contribution is 2.07. The molecule has 0 radical (unpaired) electrons. The van der Waals surface area contributed by atoms with Crippen molar-refractivity contribution in [1.82, 2.24) is 16.0 Å². The Morgan fingerprint density at radius 3 is 1.70 bits per heavy atom. The van der Waals surface area contributed by atoms with Gasteiger partial charge >= 0.3 is 5.97 Å². The topological polar surface area (TPSA) is 203 Å². The summed E-state index contributed by atoms with van der Waals surface area (Å²) in [6, 6.07) is -2.58. The summed E-state index contributed by atoms with van der Waals surface area (Å²) >= 11 is 0. The molecule has 174 valence electrons. The zero-order chi connectivity index (χ0) is 23.1. The highest BCUT2D eigenvalue weighted by molar-refractivity contribution is 5.93. The minimum atomic E-state index is -1.19. The fourth-order valence-electron chi connectivity index (χ4n) is 2.65. The molecule has 0 saturated heterocycles. The van der Waals surface area contributed by atoms with Crippen molar-refractivity contribution >= 4 is 23.7 Å². The average molecular weight is 431 g/mol. The predicted octanol–water partition coefficient (Wildman–Crippen LogP) is -1.60. The second-order valence-corrected chi connectivity index (χ2v) is 7.57. The van der Waals surface area contributed by atoms with Crippen molar-refractivity contribution in [3.05, 3.63) is 0 Å². The van der Waals surface area contributed by atoms with Crippen molar-refractivity contribution in [1.29, 1.82) is 0 Å². The van der Waals surface area contributed by atoms with Crippen molar-refractivity contribution in [3.8, 4) is 0 Å². The summed E-state index contributed by atoms with van der Waals surface area (Å²) in [5.41, 5.74) is 16.9. The lowest BCUT2D eigenvalue weighted by molar-refractivity contribution is -0.138. The molecule has 0 bridgehead atoms. The molecule has 0 aromatic heterocycles. The van der Waals surface area contributed by atoms with Crippen LogP contribution in [-0.2, 0) is 19.2 Å². The molecule has 11 heteroatoms. The van der Waals surface area contributed by atoms with Crippen molar-refractivity contribution in [2.24, 2.45) is 23.1 Å². The van der Waals surface area contributed by atoms with Gasteiger partial charge in [0, 0.05) is 0 Å². The van der Waals surface area contributed by atoms with Crippen LogP contribution in [0, 0.1) is 5.92 Å². The number of hydrogen-bond donors (Lipinski definition) is 7. The Morgan fingerprint density at radius 2 is 1.27 bits per heavy atom. The summed E-state index contributed by atoms with van der Waals surface area (Å²) in [7, 11) is 0. The van der Waals surface area contributed by atoms with Crippen molar-refractivity contribution < 1.29 is 24.3 Å². The van der Waals surface area contributed by atoms with Gasteiger partial charge in [-0.2, -0.15) is 0 Å². The summed E-state index contributed by atoms with van der Waals surface area (Å²) < 4.78 is 0. The van der Waals surface area contributed by atoms with E-state index in [2.05, 4.69) is 16.0 Å². The Labute approximate surface area is 177 Å². The molecular weight excluding hydrogens is 392 g/mol. The van der Waals surface area contributed by atoms with Gasteiger partial charge in [-0.1, -0.05) is 13.8 Å². The molecule has 0 aliphatic carbocycles. The Morgan fingerprint density at radius 1 is 0.800 bits per heavy atom. The van der Waals surface area contributed by atoms with E-state index < -0.39 is 48.4 Å². The van der Waals surface area contributed by atoms with Gasteiger partial charge < -0.3 is 38.3 Å². The number of nitrogens with two attached hydrogens (primary N) is 3. The van der Waals surface area contributed by atoms with E-state index in [1.54, 1.807) is 13.8 Å². The monoisotopic (exact) mass is 430 g/mol. The molecule has 30 heavy (non-hydrogen) atoms. The third-order valence-corrected chi connectivity index (χ3v) is 4.59. The van der Waals surface area contributed by atoms with Crippen molar-refractivity contribution in [2.45, 2.75) is 70.5 Å². The highest BCUT2D eigenvalue weighted by Gasteiger charge is 2.28. The van der Waals surface area contributed by atoms with E-state index in [0.717, 1.165) is 0 Å². The summed E-state index contributed by atoms with van der Waals surface area (Å²) in [6.45, 7) is 3.93. The number of nitrogens with one attached hydrogen (secondary N) is 3. The van der Waals surface area contributed by atoms with E-state index in [9.17, 15) is 19.2 Å². The zero-order valence-electron chi connectivity index (χ0n) is 18.0. The molecule has 0 fully saturated rings. The Kier molecular flexibility index (Phi) is 14.4. The van der Waals surface area contributed by atoms with Crippen LogP contribution in [-0.4, -0.2) is 66.6 Å². The molecule has 0 aliphatic heterocycles. The second kappa shape index (κ2) is 15.6. The fraction of sp³-hybridized carbons (Fsp3) is 0.789. The quantitative estimate of drug-likeness (QED) is 0.142. The van der Waals surface area contributed by atoms with Gasteiger partial charge in [-0.05, 0) is 57.5 Å². The van der Waals surface area contributed by atoms with Gasteiger partial charge in [0.2, 0.25) is 17.7 Å². The minimum Gasteiger partial charge on any atom is -0.480 e. The first-order valence-electron chi connectivity index (χ1n) is 10.4. The molecule has 3 atom stereocenters. The lowest BCUT2D eigenvalue weighted by Crippen LogP contribution is -2.56. The smallest absolute Gasteiger partial charge is 0.322 e. The third-order valence-electron chi connectivity index (χ3n) is 4.59. The molecule has 0 aromatic carbocycles. The molecule has 3 amide bonds. The maximum Gasteiger partial charge on any atom is 0.322 e. The summed E-state index contributed by atoms with van der Waals surface area (Å²) in [5, 5.41) is 16.3. The van der Waals surface area contributed by atoms with Gasteiger partial charge in [-0.25, -0.2) is 0 Å². The predicted molar refractivity (Wildman–Crippen MR) is 113 cm³/mol. The third kappa shape index (κ3) is 11.7. The van der Waals surface area contributed by atoms with E-state index in [1.807, 2.05) is 0 Å². The molecule has 11 nitrogen and oxygen atoms in total. The number of rotatable bonds is 16.